The van der Waals surface area contributed by atoms with Crippen LogP contribution in [-0.2, 0) is 6.42 Å². The fourth-order valence-electron chi connectivity index (χ4n) is 1.79. The fourth-order valence-corrected chi connectivity index (χ4v) is 1.79. The van der Waals surface area contributed by atoms with E-state index >= 15 is 0 Å². The first kappa shape index (κ1) is 15.5. The van der Waals surface area contributed by atoms with Gasteiger partial charge in [-0.05, 0) is 63.4 Å². The number of halogens is 1. The summed E-state index contributed by atoms with van der Waals surface area (Å²) in [7, 11) is 0. The van der Waals surface area contributed by atoms with Crippen molar-refractivity contribution in [2.24, 2.45) is 11.1 Å². The van der Waals surface area contributed by atoms with Crippen LogP contribution in [0.3, 0.4) is 0 Å². The van der Waals surface area contributed by atoms with E-state index in [-0.39, 0.29) is 11.2 Å². The minimum absolute atomic E-state index is 0.276. The van der Waals surface area contributed by atoms with E-state index in [4.69, 9.17) is 15.7 Å². The molecule has 104 valence electrons. The highest BCUT2D eigenvalue weighted by atomic mass is 19.1. The van der Waals surface area contributed by atoms with Gasteiger partial charge in [0, 0.05) is 0 Å². The van der Waals surface area contributed by atoms with Gasteiger partial charge in [-0.25, -0.2) is 4.39 Å². The predicted molar refractivity (Wildman–Crippen MR) is 73.3 cm³/mol. The molecule has 0 spiro atoms. The van der Waals surface area contributed by atoms with E-state index in [1.807, 2.05) is 13.8 Å². The van der Waals surface area contributed by atoms with Crippen molar-refractivity contribution in [2.45, 2.75) is 33.1 Å². The molecule has 0 aromatic heterocycles. The molecule has 0 fully saturated rings. The largest absolute Gasteiger partial charge is 0.493 e. The Morgan fingerprint density at radius 2 is 2.16 bits per heavy atom. The molecule has 1 aromatic carbocycles. The van der Waals surface area contributed by atoms with Gasteiger partial charge in [-0.2, -0.15) is 5.26 Å². The Balaban J connectivity index is 2.51. The number of ether oxygens (including phenoxy) is 1. The number of nitrogens with zero attached hydrogens (tertiary/aromatic N) is 1. The van der Waals surface area contributed by atoms with E-state index in [1.165, 1.54) is 12.1 Å². The van der Waals surface area contributed by atoms with Crippen LogP contribution in [0, 0.1) is 22.6 Å². The molecule has 0 atom stereocenters. The summed E-state index contributed by atoms with van der Waals surface area (Å²) in [4.78, 5) is 0. The Morgan fingerprint density at radius 1 is 1.42 bits per heavy atom. The minimum Gasteiger partial charge on any atom is -0.493 e. The lowest BCUT2D eigenvalue weighted by Crippen LogP contribution is -2.11. The first-order valence-corrected chi connectivity index (χ1v) is 6.51. The second-order valence-corrected chi connectivity index (χ2v) is 5.24. The van der Waals surface area contributed by atoms with Crippen molar-refractivity contribution in [1.29, 1.82) is 5.26 Å². The van der Waals surface area contributed by atoms with Crippen molar-refractivity contribution in [3.05, 3.63) is 29.6 Å². The molecule has 0 radical (unpaired) electrons. The van der Waals surface area contributed by atoms with Crippen molar-refractivity contribution in [3.8, 4) is 11.8 Å². The number of rotatable bonds is 7. The highest BCUT2D eigenvalue weighted by Crippen LogP contribution is 2.23. The van der Waals surface area contributed by atoms with Gasteiger partial charge >= 0.3 is 0 Å². The van der Waals surface area contributed by atoms with Gasteiger partial charge < -0.3 is 10.5 Å². The third-order valence-electron chi connectivity index (χ3n) is 2.94. The molecule has 1 aromatic rings. The molecule has 0 saturated heterocycles. The third-order valence-corrected chi connectivity index (χ3v) is 2.94. The van der Waals surface area contributed by atoms with Crippen molar-refractivity contribution in [2.75, 3.05) is 13.2 Å². The van der Waals surface area contributed by atoms with Gasteiger partial charge in [-0.3, -0.25) is 0 Å². The number of hydrogen-bond acceptors (Lipinski definition) is 3. The Kier molecular flexibility index (Phi) is 5.78. The summed E-state index contributed by atoms with van der Waals surface area (Å²) < 4.78 is 18.8. The van der Waals surface area contributed by atoms with Gasteiger partial charge in [0.05, 0.1) is 18.1 Å². The molecular weight excluding hydrogens is 243 g/mol. The van der Waals surface area contributed by atoms with Gasteiger partial charge in [0.1, 0.15) is 11.6 Å². The molecule has 0 bridgehead atoms. The van der Waals surface area contributed by atoms with Crippen molar-refractivity contribution < 1.29 is 9.13 Å². The molecule has 19 heavy (non-hydrogen) atoms. The summed E-state index contributed by atoms with van der Waals surface area (Å²) in [6.07, 6.45) is 2.16. The smallest absolute Gasteiger partial charge is 0.123 e. The van der Waals surface area contributed by atoms with Crippen LogP contribution in [0.25, 0.3) is 0 Å². The number of hydrogen-bond donors (Lipinski definition) is 1. The minimum atomic E-state index is -0.327. The Hall–Kier alpha value is -1.60. The lowest BCUT2D eigenvalue weighted by atomic mass is 9.90. The lowest BCUT2D eigenvalue weighted by molar-refractivity contribution is 0.281. The average Bonchev–Trinajstić information content (AvgIpc) is 2.37. The Morgan fingerprint density at radius 3 is 2.79 bits per heavy atom. The van der Waals surface area contributed by atoms with Gasteiger partial charge in [0.25, 0.3) is 0 Å². The standard InChI is InChI=1S/C15H21FN2O/c1-15(2,11-18)7-3-9-19-14-5-4-13(16)10-12(14)6-8-17/h4-5,10H,3,6-9,17H2,1-2H3. The highest BCUT2D eigenvalue weighted by molar-refractivity contribution is 5.34. The van der Waals surface area contributed by atoms with Crippen LogP contribution in [-0.4, -0.2) is 13.2 Å². The van der Waals surface area contributed by atoms with Crippen LogP contribution < -0.4 is 10.5 Å². The van der Waals surface area contributed by atoms with Crippen LogP contribution in [0.5, 0.6) is 5.75 Å². The maximum absolute atomic E-state index is 13.1. The summed E-state index contributed by atoms with van der Waals surface area (Å²) in [6.45, 7) is 4.80. The molecular formula is C15H21FN2O. The number of benzene rings is 1. The zero-order valence-corrected chi connectivity index (χ0v) is 11.6. The molecule has 0 unspecified atom stereocenters. The monoisotopic (exact) mass is 264 g/mol. The normalized spacial score (nSPS) is 11.1. The lowest BCUT2D eigenvalue weighted by Gasteiger charge is -2.16. The van der Waals surface area contributed by atoms with E-state index in [1.54, 1.807) is 6.07 Å². The van der Waals surface area contributed by atoms with Crippen LogP contribution in [0.2, 0.25) is 0 Å². The summed E-state index contributed by atoms with van der Waals surface area (Å²) in [5.41, 5.74) is 5.96. The molecule has 1 rings (SSSR count). The molecule has 0 heterocycles. The summed E-state index contributed by atoms with van der Waals surface area (Å²) in [5.74, 6) is 0.406. The van der Waals surface area contributed by atoms with E-state index in [2.05, 4.69) is 6.07 Å². The first-order chi connectivity index (χ1) is 8.98. The van der Waals surface area contributed by atoms with Crippen LogP contribution in [0.15, 0.2) is 18.2 Å². The SMILES string of the molecule is CC(C)(C#N)CCCOc1ccc(F)cc1CCN. The molecule has 0 aliphatic carbocycles. The topological polar surface area (TPSA) is 59.0 Å². The quantitative estimate of drug-likeness (QED) is 0.770. The summed E-state index contributed by atoms with van der Waals surface area (Å²) >= 11 is 0. The van der Waals surface area contributed by atoms with Crippen molar-refractivity contribution in [3.63, 3.8) is 0 Å². The molecule has 2 N–H and O–H groups in total. The van der Waals surface area contributed by atoms with Crippen molar-refractivity contribution >= 4 is 0 Å². The van der Waals surface area contributed by atoms with Gasteiger partial charge in [0.2, 0.25) is 0 Å². The Labute approximate surface area is 114 Å². The van der Waals surface area contributed by atoms with Gasteiger partial charge in [-0.1, -0.05) is 0 Å². The molecule has 0 amide bonds. The predicted octanol–water partition coefficient (Wildman–Crippen LogP) is 3.04. The van der Waals surface area contributed by atoms with E-state index in [0.717, 1.165) is 18.4 Å². The van der Waals surface area contributed by atoms with E-state index < -0.39 is 0 Å². The van der Waals surface area contributed by atoms with Crippen molar-refractivity contribution in [1.82, 2.24) is 0 Å². The second kappa shape index (κ2) is 7.10. The molecule has 3 nitrogen and oxygen atoms in total. The van der Waals surface area contributed by atoms with Crippen LogP contribution in [0.1, 0.15) is 32.3 Å². The summed E-state index contributed by atoms with van der Waals surface area (Å²) in [5, 5.41) is 8.91. The Bertz CT molecular complexity index is 452. The first-order valence-electron chi connectivity index (χ1n) is 6.51. The van der Waals surface area contributed by atoms with E-state index in [0.29, 0.717) is 25.3 Å². The molecule has 4 heteroatoms. The zero-order chi connectivity index (χ0) is 14.3. The van der Waals surface area contributed by atoms with Gasteiger partial charge in [-0.15, -0.1) is 0 Å². The molecule has 0 aliphatic rings. The molecule has 0 saturated carbocycles. The second-order valence-electron chi connectivity index (χ2n) is 5.24. The van der Waals surface area contributed by atoms with Crippen LogP contribution in [0.4, 0.5) is 4.39 Å². The fraction of sp³-hybridized carbons (Fsp3) is 0.533. The zero-order valence-electron chi connectivity index (χ0n) is 11.6. The number of nitriles is 1. The highest BCUT2D eigenvalue weighted by Gasteiger charge is 2.15. The molecule has 0 aliphatic heterocycles. The third kappa shape index (κ3) is 5.27. The van der Waals surface area contributed by atoms with Crippen LogP contribution >= 0.6 is 0 Å². The maximum atomic E-state index is 13.1. The number of nitrogens with two attached hydrogens (primary N) is 1. The van der Waals surface area contributed by atoms with E-state index in [9.17, 15) is 4.39 Å². The summed E-state index contributed by atoms with van der Waals surface area (Å²) in [6, 6.07) is 6.74. The average molecular weight is 264 g/mol. The van der Waals surface area contributed by atoms with Gasteiger partial charge in [0.15, 0.2) is 0 Å². The maximum Gasteiger partial charge on any atom is 0.123 e.